The van der Waals surface area contributed by atoms with Crippen LogP contribution in [0.5, 0.6) is 11.5 Å². The summed E-state index contributed by atoms with van der Waals surface area (Å²) in [5.74, 6) is 1.66. The average Bonchev–Trinajstić information content (AvgIpc) is 3.51. The maximum absolute atomic E-state index is 13.4. The van der Waals surface area contributed by atoms with E-state index >= 15 is 0 Å². The first-order valence-electron chi connectivity index (χ1n) is 11.4. The Morgan fingerprint density at radius 3 is 2.91 bits per heavy atom. The van der Waals surface area contributed by atoms with Crippen LogP contribution in [0.1, 0.15) is 41.0 Å². The Hall–Kier alpha value is -2.72. The van der Waals surface area contributed by atoms with Crippen molar-refractivity contribution < 1.29 is 19.1 Å². The molecule has 2 amide bonds. The molecule has 0 aliphatic carbocycles. The molecule has 5 rings (SSSR count). The Morgan fingerprint density at radius 2 is 2.09 bits per heavy atom. The number of imidazole rings is 1. The quantitative estimate of drug-likeness (QED) is 0.588. The number of amides is 2. The highest BCUT2D eigenvalue weighted by molar-refractivity contribution is 7.98. The molecule has 1 atom stereocenters. The molecule has 0 radical (unpaired) electrons. The Morgan fingerprint density at radius 1 is 1.27 bits per heavy atom. The van der Waals surface area contributed by atoms with E-state index in [9.17, 15) is 9.59 Å². The lowest BCUT2D eigenvalue weighted by Crippen LogP contribution is -2.57. The molecule has 1 saturated heterocycles. The molecular formula is C23H29N5O4S. The number of hydrogen-bond acceptors (Lipinski definition) is 7. The van der Waals surface area contributed by atoms with Crippen molar-refractivity contribution in [1.29, 1.82) is 0 Å². The fourth-order valence-corrected chi connectivity index (χ4v) is 5.42. The fourth-order valence-electron chi connectivity index (χ4n) is 4.95. The molecule has 4 heterocycles. The van der Waals surface area contributed by atoms with E-state index in [0.29, 0.717) is 36.6 Å². The number of benzene rings is 1. The van der Waals surface area contributed by atoms with Crippen LogP contribution >= 0.6 is 11.8 Å². The van der Waals surface area contributed by atoms with Gasteiger partial charge in [0.15, 0.2) is 11.5 Å². The molecule has 0 unspecified atom stereocenters. The van der Waals surface area contributed by atoms with Gasteiger partial charge in [-0.25, -0.2) is 4.98 Å². The second-order valence-electron chi connectivity index (χ2n) is 8.69. The molecule has 176 valence electrons. The lowest BCUT2D eigenvalue weighted by Gasteiger charge is -2.44. The smallest absolute Gasteiger partial charge is 0.252 e. The summed E-state index contributed by atoms with van der Waals surface area (Å²) in [5.41, 5.74) is 2.57. The van der Waals surface area contributed by atoms with Crippen LogP contribution in [0.2, 0.25) is 0 Å². The number of ether oxygens (including phenoxy) is 2. The number of fused-ring (bicyclic) bond motifs is 3. The Kier molecular flexibility index (Phi) is 6.20. The first-order valence-corrected chi connectivity index (χ1v) is 12.7. The predicted octanol–water partition coefficient (Wildman–Crippen LogP) is 1.65. The number of nitrogens with one attached hydrogen (secondary N) is 3. The monoisotopic (exact) mass is 471 g/mol. The zero-order valence-corrected chi connectivity index (χ0v) is 19.5. The minimum Gasteiger partial charge on any atom is -0.454 e. The van der Waals surface area contributed by atoms with Gasteiger partial charge in [0.25, 0.3) is 5.91 Å². The molecule has 3 N–H and O–H groups in total. The second-order valence-corrected chi connectivity index (χ2v) is 9.68. The van der Waals surface area contributed by atoms with Crippen LogP contribution in [0.25, 0.3) is 0 Å². The third-order valence-corrected chi connectivity index (χ3v) is 7.43. The molecular weight excluding hydrogens is 442 g/mol. The molecule has 2 aromatic rings. The van der Waals surface area contributed by atoms with E-state index in [1.54, 1.807) is 36.3 Å². The van der Waals surface area contributed by atoms with Crippen LogP contribution in [-0.4, -0.2) is 71.2 Å². The van der Waals surface area contributed by atoms with Crippen molar-refractivity contribution in [3.05, 3.63) is 41.5 Å². The summed E-state index contributed by atoms with van der Waals surface area (Å²) >= 11 is 1.66. The summed E-state index contributed by atoms with van der Waals surface area (Å²) in [7, 11) is 0. The number of H-pyrrole nitrogens is 1. The third-order valence-electron chi connectivity index (χ3n) is 6.79. The maximum atomic E-state index is 13.4. The van der Waals surface area contributed by atoms with Crippen LogP contribution in [0.15, 0.2) is 24.5 Å². The lowest BCUT2D eigenvalue weighted by molar-refractivity contribution is -0.135. The van der Waals surface area contributed by atoms with Crippen LogP contribution in [0.3, 0.4) is 0 Å². The summed E-state index contributed by atoms with van der Waals surface area (Å²) in [6, 6.07) is 4.51. The Balaban J connectivity index is 1.26. The van der Waals surface area contributed by atoms with Gasteiger partial charge in [0.1, 0.15) is 6.04 Å². The van der Waals surface area contributed by atoms with E-state index in [-0.39, 0.29) is 24.1 Å². The summed E-state index contributed by atoms with van der Waals surface area (Å²) in [5, 5.41) is 6.62. The predicted molar refractivity (Wildman–Crippen MR) is 125 cm³/mol. The molecule has 1 fully saturated rings. The van der Waals surface area contributed by atoms with Crippen LogP contribution in [0.4, 0.5) is 0 Å². The first-order chi connectivity index (χ1) is 16.1. The normalized spacial score (nSPS) is 19.2. The molecule has 1 aromatic carbocycles. The molecule has 0 saturated carbocycles. The van der Waals surface area contributed by atoms with Gasteiger partial charge in [0, 0.05) is 37.3 Å². The first kappa shape index (κ1) is 22.1. The number of likely N-dealkylation sites (tertiary alicyclic amines) is 1. The molecule has 1 spiro atoms. The van der Waals surface area contributed by atoms with Crippen molar-refractivity contribution in [3.63, 3.8) is 0 Å². The largest absolute Gasteiger partial charge is 0.454 e. The van der Waals surface area contributed by atoms with Gasteiger partial charge in [0.2, 0.25) is 12.7 Å². The average molecular weight is 472 g/mol. The van der Waals surface area contributed by atoms with Crippen LogP contribution < -0.4 is 20.1 Å². The number of aromatic nitrogens is 2. The van der Waals surface area contributed by atoms with E-state index in [1.165, 1.54) is 5.69 Å². The molecule has 0 bridgehead atoms. The van der Waals surface area contributed by atoms with Crippen molar-refractivity contribution in [2.45, 2.75) is 37.3 Å². The SMILES string of the molecule is CSCC[C@H](NC(=O)c1ccc2c(c1)OCO2)C(=O)N1CCC2(CC1)NCCc1[nH]cnc12. The Bertz CT molecular complexity index is 1030. The summed E-state index contributed by atoms with van der Waals surface area (Å²) < 4.78 is 10.7. The standard InChI is InChI=1S/C23H29N5O4S/c1-33-11-5-17(27-21(29)15-2-3-18-19(12-15)32-14-31-18)22(30)28-9-6-23(7-10-28)20-16(4-8-26-23)24-13-25-20/h2-3,12-13,17,26H,4-11,14H2,1H3,(H,24,25)(H,27,29)/t17-/m0/s1. The number of rotatable bonds is 6. The number of hydrogen-bond donors (Lipinski definition) is 3. The van der Waals surface area contributed by atoms with E-state index in [0.717, 1.165) is 37.3 Å². The second kappa shape index (κ2) is 9.26. The molecule has 1 aromatic heterocycles. The number of carbonyl (C=O) groups is 2. The van der Waals surface area contributed by atoms with Gasteiger partial charge in [-0.2, -0.15) is 11.8 Å². The number of thioether (sulfide) groups is 1. The van der Waals surface area contributed by atoms with E-state index in [2.05, 4.69) is 20.6 Å². The maximum Gasteiger partial charge on any atom is 0.252 e. The van der Waals surface area contributed by atoms with Crippen molar-refractivity contribution in [2.24, 2.45) is 0 Å². The highest BCUT2D eigenvalue weighted by Crippen LogP contribution is 2.36. The zero-order valence-electron chi connectivity index (χ0n) is 18.7. The fraction of sp³-hybridized carbons (Fsp3) is 0.522. The lowest BCUT2D eigenvalue weighted by atomic mass is 9.80. The number of carbonyl (C=O) groups excluding carboxylic acids is 2. The molecule has 9 nitrogen and oxygen atoms in total. The van der Waals surface area contributed by atoms with E-state index in [4.69, 9.17) is 9.47 Å². The summed E-state index contributed by atoms with van der Waals surface area (Å²) in [4.78, 5) is 36.1. The summed E-state index contributed by atoms with van der Waals surface area (Å²) in [6.07, 6.45) is 6.91. The minimum absolute atomic E-state index is 0.0222. The van der Waals surface area contributed by atoms with Gasteiger partial charge < -0.3 is 30.0 Å². The molecule has 3 aliphatic rings. The third kappa shape index (κ3) is 4.29. The number of aromatic amines is 1. The van der Waals surface area contributed by atoms with E-state index in [1.807, 2.05) is 11.2 Å². The van der Waals surface area contributed by atoms with Crippen molar-refractivity contribution in [1.82, 2.24) is 25.5 Å². The van der Waals surface area contributed by atoms with Crippen LogP contribution in [-0.2, 0) is 16.8 Å². The van der Waals surface area contributed by atoms with Gasteiger partial charge >= 0.3 is 0 Å². The number of nitrogens with zero attached hydrogens (tertiary/aromatic N) is 2. The van der Waals surface area contributed by atoms with Gasteiger partial charge in [0.05, 0.1) is 17.6 Å². The van der Waals surface area contributed by atoms with Crippen molar-refractivity contribution in [2.75, 3.05) is 38.4 Å². The van der Waals surface area contributed by atoms with Gasteiger partial charge in [-0.15, -0.1) is 0 Å². The van der Waals surface area contributed by atoms with Crippen molar-refractivity contribution >= 4 is 23.6 Å². The van der Waals surface area contributed by atoms with Gasteiger partial charge in [-0.3, -0.25) is 9.59 Å². The summed E-state index contributed by atoms with van der Waals surface area (Å²) in [6.45, 7) is 2.33. The minimum atomic E-state index is -0.565. The highest BCUT2D eigenvalue weighted by atomic mass is 32.2. The molecule has 10 heteroatoms. The van der Waals surface area contributed by atoms with E-state index < -0.39 is 6.04 Å². The number of piperidine rings is 1. The van der Waals surface area contributed by atoms with Crippen LogP contribution in [0, 0.1) is 0 Å². The topological polar surface area (TPSA) is 109 Å². The van der Waals surface area contributed by atoms with Gasteiger partial charge in [-0.1, -0.05) is 0 Å². The molecule has 33 heavy (non-hydrogen) atoms. The zero-order chi connectivity index (χ0) is 22.8. The molecule has 3 aliphatic heterocycles. The highest BCUT2D eigenvalue weighted by Gasteiger charge is 2.42. The Labute approximate surface area is 197 Å². The van der Waals surface area contributed by atoms with Crippen molar-refractivity contribution in [3.8, 4) is 11.5 Å². The van der Waals surface area contributed by atoms with Gasteiger partial charge in [-0.05, 0) is 49.5 Å².